The number of aromatic nitrogens is 1. The van der Waals surface area contributed by atoms with Crippen LogP contribution in [0.25, 0.3) is 0 Å². The molecule has 0 saturated heterocycles. The van der Waals surface area contributed by atoms with E-state index in [1.54, 1.807) is 12.1 Å². The summed E-state index contributed by atoms with van der Waals surface area (Å²) in [6.45, 7) is 5.36. The van der Waals surface area contributed by atoms with Gasteiger partial charge in [0.05, 0.1) is 0 Å². The number of nitrogens with zero attached hydrogens (tertiary/aromatic N) is 1. The zero-order valence-electron chi connectivity index (χ0n) is 11.4. The van der Waals surface area contributed by atoms with Gasteiger partial charge in [-0.15, -0.1) is 0 Å². The van der Waals surface area contributed by atoms with Crippen LogP contribution in [0.15, 0.2) is 23.2 Å². The molecule has 1 aliphatic carbocycles. The summed E-state index contributed by atoms with van der Waals surface area (Å²) in [5, 5.41) is 3.04. The Balaban J connectivity index is 2.02. The average Bonchev–Trinajstić information content (AvgIpc) is 3.18. The van der Waals surface area contributed by atoms with Gasteiger partial charge in [-0.3, -0.25) is 0 Å². The van der Waals surface area contributed by atoms with Gasteiger partial charge in [-0.25, -0.2) is 18.1 Å². The van der Waals surface area contributed by atoms with Crippen LogP contribution in [0.1, 0.15) is 33.1 Å². The number of hydrogen-bond donors (Lipinski definition) is 2. The number of pyridine rings is 1. The molecule has 0 bridgehead atoms. The van der Waals surface area contributed by atoms with Crippen LogP contribution in [0.5, 0.6) is 0 Å². The molecule has 1 aliphatic rings. The Morgan fingerprint density at radius 1 is 1.32 bits per heavy atom. The first-order valence-electron chi connectivity index (χ1n) is 6.71. The van der Waals surface area contributed by atoms with Crippen molar-refractivity contribution in [1.29, 1.82) is 0 Å². The molecule has 1 saturated carbocycles. The lowest BCUT2D eigenvalue weighted by Gasteiger charge is -2.13. The normalized spacial score (nSPS) is 17.2. The third kappa shape index (κ3) is 3.45. The molecule has 0 aliphatic heterocycles. The van der Waals surface area contributed by atoms with E-state index in [0.717, 1.165) is 25.8 Å². The summed E-state index contributed by atoms with van der Waals surface area (Å²) in [6, 6.07) is 3.27. The fraction of sp³-hybridized carbons (Fsp3) is 0.615. The van der Waals surface area contributed by atoms with Gasteiger partial charge < -0.3 is 5.32 Å². The van der Waals surface area contributed by atoms with Gasteiger partial charge in [0.1, 0.15) is 10.7 Å². The minimum atomic E-state index is -3.44. The van der Waals surface area contributed by atoms with E-state index in [4.69, 9.17) is 0 Å². The lowest BCUT2D eigenvalue weighted by Crippen LogP contribution is -2.30. The third-order valence-electron chi connectivity index (χ3n) is 3.75. The summed E-state index contributed by atoms with van der Waals surface area (Å²) in [5.74, 6) is 0.689. The minimum Gasteiger partial charge on any atom is -0.370 e. The second-order valence-corrected chi connectivity index (χ2v) is 6.85. The largest absolute Gasteiger partial charge is 0.370 e. The summed E-state index contributed by atoms with van der Waals surface area (Å²) in [4.78, 5) is 4.31. The van der Waals surface area contributed by atoms with E-state index in [2.05, 4.69) is 21.9 Å². The van der Waals surface area contributed by atoms with E-state index in [0.29, 0.717) is 12.4 Å². The van der Waals surface area contributed by atoms with E-state index < -0.39 is 10.0 Å². The molecule has 19 heavy (non-hydrogen) atoms. The Labute approximate surface area is 114 Å². The fourth-order valence-corrected chi connectivity index (χ4v) is 3.09. The molecule has 6 heteroatoms. The van der Waals surface area contributed by atoms with E-state index in [-0.39, 0.29) is 10.3 Å². The smallest absolute Gasteiger partial charge is 0.242 e. The van der Waals surface area contributed by atoms with Gasteiger partial charge in [0.15, 0.2) is 0 Å². The van der Waals surface area contributed by atoms with Crippen molar-refractivity contribution in [3.63, 3.8) is 0 Å². The highest BCUT2D eigenvalue weighted by Crippen LogP contribution is 2.48. The minimum absolute atomic E-state index is 0.199. The van der Waals surface area contributed by atoms with Crippen molar-refractivity contribution in [1.82, 2.24) is 9.71 Å². The molecule has 0 radical (unpaired) electrons. The Hall–Kier alpha value is -1.14. The quantitative estimate of drug-likeness (QED) is 0.802. The monoisotopic (exact) mass is 283 g/mol. The van der Waals surface area contributed by atoms with E-state index >= 15 is 0 Å². The predicted octanol–water partition coefficient (Wildman–Crippen LogP) is 1.98. The van der Waals surface area contributed by atoms with Crippen LogP contribution in [0.3, 0.4) is 0 Å². The highest BCUT2D eigenvalue weighted by Gasteiger charge is 2.41. The van der Waals surface area contributed by atoms with Crippen LogP contribution < -0.4 is 10.0 Å². The highest BCUT2D eigenvalue weighted by atomic mass is 32.2. The van der Waals surface area contributed by atoms with Gasteiger partial charge in [0.25, 0.3) is 0 Å². The predicted molar refractivity (Wildman–Crippen MR) is 75.5 cm³/mol. The molecule has 1 aromatic heterocycles. The number of nitrogens with one attached hydrogen (secondary N) is 2. The van der Waals surface area contributed by atoms with Gasteiger partial charge in [0.2, 0.25) is 10.0 Å². The van der Waals surface area contributed by atoms with Crippen molar-refractivity contribution in [2.75, 3.05) is 18.4 Å². The van der Waals surface area contributed by atoms with Crippen LogP contribution in [-0.2, 0) is 10.0 Å². The first-order valence-corrected chi connectivity index (χ1v) is 8.19. The van der Waals surface area contributed by atoms with Gasteiger partial charge in [-0.1, -0.05) is 6.92 Å². The van der Waals surface area contributed by atoms with Gasteiger partial charge in [0, 0.05) is 19.3 Å². The second-order valence-electron chi connectivity index (χ2n) is 5.09. The molecular weight excluding hydrogens is 262 g/mol. The highest BCUT2D eigenvalue weighted by molar-refractivity contribution is 7.89. The maximum absolute atomic E-state index is 12.1. The summed E-state index contributed by atoms with van der Waals surface area (Å²) in [5.41, 5.74) is 0.199. The molecule has 106 valence electrons. The van der Waals surface area contributed by atoms with Crippen molar-refractivity contribution in [2.45, 2.75) is 38.0 Å². The molecule has 5 nitrogen and oxygen atoms in total. The molecule has 2 rings (SSSR count). The maximum Gasteiger partial charge on any atom is 0.242 e. The summed E-state index contributed by atoms with van der Waals surface area (Å²) in [6.07, 6.45) is 4.65. The Bertz CT molecular complexity index is 521. The lowest BCUT2D eigenvalue weighted by atomic mass is 10.1. The maximum atomic E-state index is 12.1. The average molecular weight is 283 g/mol. The summed E-state index contributed by atoms with van der Waals surface area (Å²) in [7, 11) is -3.44. The number of sulfonamides is 1. The first kappa shape index (κ1) is 14.3. The molecule has 2 N–H and O–H groups in total. The van der Waals surface area contributed by atoms with Crippen LogP contribution in [0.2, 0.25) is 0 Å². The lowest BCUT2D eigenvalue weighted by molar-refractivity contribution is 0.475. The third-order valence-corrected chi connectivity index (χ3v) is 5.14. The van der Waals surface area contributed by atoms with Crippen molar-refractivity contribution in [2.24, 2.45) is 5.41 Å². The zero-order valence-corrected chi connectivity index (χ0v) is 12.3. The molecule has 0 aromatic carbocycles. The van der Waals surface area contributed by atoms with Crippen LogP contribution in [0, 0.1) is 5.41 Å². The van der Waals surface area contributed by atoms with Crippen LogP contribution in [-0.4, -0.2) is 26.5 Å². The van der Waals surface area contributed by atoms with Gasteiger partial charge in [-0.2, -0.15) is 0 Å². The Kier molecular flexibility index (Phi) is 4.10. The van der Waals surface area contributed by atoms with Gasteiger partial charge in [-0.05, 0) is 43.7 Å². The fourth-order valence-electron chi connectivity index (χ4n) is 1.99. The van der Waals surface area contributed by atoms with Gasteiger partial charge >= 0.3 is 0 Å². The number of rotatable bonds is 7. The van der Waals surface area contributed by atoms with E-state index in [9.17, 15) is 8.42 Å². The SMILES string of the molecule is CCNc1ccc(S(=O)(=O)NCC2(CC)CC2)cn1. The van der Waals surface area contributed by atoms with Crippen molar-refractivity contribution < 1.29 is 8.42 Å². The molecule has 0 amide bonds. The standard InChI is InChI=1S/C13H21N3O2S/c1-3-13(7-8-13)10-16-19(17,18)11-5-6-12(14-4-2)15-9-11/h5-6,9,16H,3-4,7-8,10H2,1-2H3,(H,14,15). The molecule has 1 heterocycles. The van der Waals surface area contributed by atoms with Crippen molar-refractivity contribution in [3.05, 3.63) is 18.3 Å². The second kappa shape index (κ2) is 5.46. The first-order chi connectivity index (χ1) is 9.01. The molecular formula is C13H21N3O2S. The topological polar surface area (TPSA) is 71.1 Å². The summed E-state index contributed by atoms with van der Waals surface area (Å²) >= 11 is 0. The Morgan fingerprint density at radius 3 is 2.53 bits per heavy atom. The number of anilines is 1. The van der Waals surface area contributed by atoms with Crippen LogP contribution >= 0.6 is 0 Å². The van der Waals surface area contributed by atoms with Crippen molar-refractivity contribution >= 4 is 15.8 Å². The van der Waals surface area contributed by atoms with E-state index in [1.165, 1.54) is 6.20 Å². The summed E-state index contributed by atoms with van der Waals surface area (Å²) < 4.78 is 26.9. The Morgan fingerprint density at radius 2 is 2.05 bits per heavy atom. The molecule has 0 atom stereocenters. The number of hydrogen-bond acceptors (Lipinski definition) is 4. The van der Waals surface area contributed by atoms with E-state index in [1.807, 2.05) is 6.92 Å². The van der Waals surface area contributed by atoms with Crippen LogP contribution in [0.4, 0.5) is 5.82 Å². The zero-order chi connectivity index (χ0) is 13.9. The molecule has 1 fully saturated rings. The molecule has 0 spiro atoms. The van der Waals surface area contributed by atoms with Crippen molar-refractivity contribution in [3.8, 4) is 0 Å². The molecule has 1 aromatic rings. The molecule has 0 unspecified atom stereocenters.